The van der Waals surface area contributed by atoms with E-state index in [-0.39, 0.29) is 17.8 Å². The van der Waals surface area contributed by atoms with Crippen LogP contribution < -0.4 is 16.1 Å². The van der Waals surface area contributed by atoms with Crippen molar-refractivity contribution in [1.29, 1.82) is 0 Å². The van der Waals surface area contributed by atoms with Crippen LogP contribution in [0.15, 0.2) is 64.2 Å². The molecule has 176 valence electrons. The van der Waals surface area contributed by atoms with Gasteiger partial charge in [-0.2, -0.15) is 4.98 Å². The van der Waals surface area contributed by atoms with E-state index in [2.05, 4.69) is 34.1 Å². The fourth-order valence-electron chi connectivity index (χ4n) is 4.57. The fraction of sp³-hybridized carbons (Fsp3) is 0.320. The number of halogens is 1. The van der Waals surface area contributed by atoms with E-state index in [1.54, 1.807) is 19.2 Å². The molecule has 2 aromatic heterocycles. The number of hydrogen-bond donors (Lipinski definition) is 0. The second-order valence-corrected chi connectivity index (χ2v) is 9.19. The number of aromatic nitrogens is 4. The predicted octanol–water partition coefficient (Wildman–Crippen LogP) is 2.46. The largest absolute Gasteiger partial charge is 0.340 e. The number of piperazine rings is 1. The van der Waals surface area contributed by atoms with Crippen molar-refractivity contribution < 1.29 is 0 Å². The van der Waals surface area contributed by atoms with E-state index in [0.29, 0.717) is 22.1 Å². The topological polar surface area (TPSA) is 68.3 Å². The van der Waals surface area contributed by atoms with Gasteiger partial charge in [0.05, 0.1) is 6.54 Å². The number of nitrogens with zero attached hydrogens (tertiary/aromatic N) is 6. The molecule has 0 spiro atoms. The minimum atomic E-state index is -0.384. The Morgan fingerprint density at radius 1 is 0.824 bits per heavy atom. The third kappa shape index (κ3) is 4.15. The summed E-state index contributed by atoms with van der Waals surface area (Å²) in [5.74, 6) is 0.714. The molecule has 3 heterocycles. The van der Waals surface area contributed by atoms with E-state index in [0.717, 1.165) is 38.3 Å². The van der Waals surface area contributed by atoms with E-state index >= 15 is 0 Å². The van der Waals surface area contributed by atoms with Gasteiger partial charge < -0.3 is 9.47 Å². The average Bonchev–Trinajstić information content (AvgIpc) is 3.20. The van der Waals surface area contributed by atoms with Crippen molar-refractivity contribution >= 4 is 28.7 Å². The average molecular weight is 479 g/mol. The Hall–Kier alpha value is -3.36. The monoisotopic (exact) mass is 478 g/mol. The lowest BCUT2D eigenvalue weighted by molar-refractivity contribution is 0.248. The third-order valence-corrected chi connectivity index (χ3v) is 6.75. The summed E-state index contributed by atoms with van der Waals surface area (Å²) in [7, 11) is 3.51. The van der Waals surface area contributed by atoms with E-state index in [9.17, 15) is 9.59 Å². The van der Waals surface area contributed by atoms with Gasteiger partial charge in [-0.25, -0.2) is 4.79 Å². The summed E-state index contributed by atoms with van der Waals surface area (Å²) >= 11 is 5.97. The lowest BCUT2D eigenvalue weighted by Gasteiger charge is -2.35. The number of imidazole rings is 1. The van der Waals surface area contributed by atoms with Gasteiger partial charge in [-0.05, 0) is 23.3 Å². The molecule has 0 bridgehead atoms. The number of aryl methyl sites for hydroxylation is 2. The van der Waals surface area contributed by atoms with Crippen molar-refractivity contribution in [3.05, 3.63) is 91.6 Å². The summed E-state index contributed by atoms with van der Waals surface area (Å²) < 4.78 is 4.54. The third-order valence-electron chi connectivity index (χ3n) is 6.49. The molecule has 0 aliphatic carbocycles. The van der Waals surface area contributed by atoms with Gasteiger partial charge in [0.2, 0.25) is 5.95 Å². The highest BCUT2D eigenvalue weighted by Gasteiger charge is 2.24. The zero-order chi connectivity index (χ0) is 23.8. The van der Waals surface area contributed by atoms with Gasteiger partial charge in [-0.3, -0.25) is 18.8 Å². The SMILES string of the molecule is Cn1c(N2CCN(Cc3ccccc3)CC2)nc2c1c(=O)n(Cc1ccc(Cl)cc1)c(=O)n2C. The Morgan fingerprint density at radius 2 is 1.47 bits per heavy atom. The van der Waals surface area contributed by atoms with Crippen molar-refractivity contribution in [2.24, 2.45) is 14.1 Å². The predicted molar refractivity (Wildman–Crippen MR) is 135 cm³/mol. The standard InChI is InChI=1S/C25H27ClN6O2/c1-28-21-22(29(2)25(34)32(23(21)33)17-19-8-10-20(26)11-9-19)27-24(28)31-14-12-30(13-15-31)16-18-6-4-3-5-7-18/h3-11H,12-17H2,1-2H3. The second-order valence-electron chi connectivity index (χ2n) is 8.75. The normalized spacial score (nSPS) is 14.7. The van der Waals surface area contributed by atoms with Crippen LogP contribution in [0.4, 0.5) is 5.95 Å². The molecule has 4 aromatic rings. The zero-order valence-electron chi connectivity index (χ0n) is 19.3. The molecule has 0 unspecified atom stereocenters. The molecule has 0 saturated carbocycles. The minimum Gasteiger partial charge on any atom is -0.340 e. The van der Waals surface area contributed by atoms with Crippen LogP contribution in [0.3, 0.4) is 0 Å². The molecule has 34 heavy (non-hydrogen) atoms. The number of fused-ring (bicyclic) bond motifs is 1. The zero-order valence-corrected chi connectivity index (χ0v) is 20.1. The molecule has 5 rings (SSSR count). The molecule has 2 aromatic carbocycles. The number of hydrogen-bond acceptors (Lipinski definition) is 5. The van der Waals surface area contributed by atoms with Crippen LogP contribution >= 0.6 is 11.6 Å². The molecule has 0 amide bonds. The molecule has 0 radical (unpaired) electrons. The fourth-order valence-corrected chi connectivity index (χ4v) is 4.70. The highest BCUT2D eigenvalue weighted by molar-refractivity contribution is 6.30. The first-order chi connectivity index (χ1) is 16.4. The van der Waals surface area contributed by atoms with Crippen LogP contribution in [0.5, 0.6) is 0 Å². The summed E-state index contributed by atoms with van der Waals surface area (Å²) in [4.78, 5) is 35.7. The van der Waals surface area contributed by atoms with Crippen LogP contribution in [0.25, 0.3) is 11.2 Å². The summed E-state index contributed by atoms with van der Waals surface area (Å²) in [5, 5.41) is 0.611. The molecule has 1 aliphatic rings. The second kappa shape index (κ2) is 9.12. The first-order valence-electron chi connectivity index (χ1n) is 11.3. The molecular weight excluding hydrogens is 452 g/mol. The number of rotatable bonds is 5. The Kier molecular flexibility index (Phi) is 6.02. The summed E-state index contributed by atoms with van der Waals surface area (Å²) in [5.41, 5.74) is 2.25. The van der Waals surface area contributed by atoms with Gasteiger partial charge >= 0.3 is 5.69 Å². The van der Waals surface area contributed by atoms with Crippen LogP contribution in [-0.4, -0.2) is 49.8 Å². The maximum absolute atomic E-state index is 13.4. The van der Waals surface area contributed by atoms with Crippen molar-refractivity contribution in [2.75, 3.05) is 31.1 Å². The van der Waals surface area contributed by atoms with Crippen molar-refractivity contribution in [3.8, 4) is 0 Å². The first-order valence-corrected chi connectivity index (χ1v) is 11.7. The molecular formula is C25H27ClN6O2. The quantitative estimate of drug-likeness (QED) is 0.441. The maximum Gasteiger partial charge on any atom is 0.332 e. The molecule has 1 saturated heterocycles. The smallest absolute Gasteiger partial charge is 0.332 e. The Bertz CT molecular complexity index is 1430. The highest BCUT2D eigenvalue weighted by atomic mass is 35.5. The van der Waals surface area contributed by atoms with Crippen LogP contribution in [-0.2, 0) is 27.2 Å². The maximum atomic E-state index is 13.4. The van der Waals surface area contributed by atoms with E-state index in [1.165, 1.54) is 14.7 Å². The molecule has 8 nitrogen and oxygen atoms in total. The van der Waals surface area contributed by atoms with Crippen molar-refractivity contribution in [1.82, 2.24) is 23.6 Å². The van der Waals surface area contributed by atoms with Crippen molar-refractivity contribution in [3.63, 3.8) is 0 Å². The van der Waals surface area contributed by atoms with Crippen LogP contribution in [0.1, 0.15) is 11.1 Å². The summed E-state index contributed by atoms with van der Waals surface area (Å²) in [6.07, 6.45) is 0. The van der Waals surface area contributed by atoms with Crippen LogP contribution in [0.2, 0.25) is 5.02 Å². The highest BCUT2D eigenvalue weighted by Crippen LogP contribution is 2.20. The summed E-state index contributed by atoms with van der Waals surface area (Å²) in [6.45, 7) is 4.50. The lowest BCUT2D eigenvalue weighted by atomic mass is 10.2. The van der Waals surface area contributed by atoms with E-state index in [1.807, 2.05) is 29.8 Å². The van der Waals surface area contributed by atoms with Gasteiger partial charge in [-0.1, -0.05) is 54.1 Å². The first kappa shape index (κ1) is 22.4. The summed E-state index contributed by atoms with van der Waals surface area (Å²) in [6, 6.07) is 17.6. The number of anilines is 1. The van der Waals surface area contributed by atoms with Crippen LogP contribution in [0, 0.1) is 0 Å². The minimum absolute atomic E-state index is 0.178. The molecule has 0 N–H and O–H groups in total. The van der Waals surface area contributed by atoms with Gasteiger partial charge in [0, 0.05) is 51.8 Å². The van der Waals surface area contributed by atoms with E-state index in [4.69, 9.17) is 16.6 Å². The lowest BCUT2D eigenvalue weighted by Crippen LogP contribution is -2.46. The number of benzene rings is 2. The van der Waals surface area contributed by atoms with Gasteiger partial charge in [0.15, 0.2) is 11.2 Å². The van der Waals surface area contributed by atoms with Gasteiger partial charge in [-0.15, -0.1) is 0 Å². The van der Waals surface area contributed by atoms with Crippen molar-refractivity contribution in [2.45, 2.75) is 13.1 Å². The Balaban J connectivity index is 1.42. The van der Waals surface area contributed by atoms with E-state index < -0.39 is 0 Å². The van der Waals surface area contributed by atoms with Gasteiger partial charge in [0.25, 0.3) is 5.56 Å². The molecule has 1 fully saturated rings. The van der Waals surface area contributed by atoms with Gasteiger partial charge in [0.1, 0.15) is 0 Å². The Morgan fingerprint density at radius 3 is 2.15 bits per heavy atom. The molecule has 9 heteroatoms. The molecule has 0 atom stereocenters. The molecule has 1 aliphatic heterocycles. The Labute approximate surface area is 202 Å².